The van der Waals surface area contributed by atoms with E-state index in [1.54, 1.807) is 18.0 Å². The van der Waals surface area contributed by atoms with E-state index in [9.17, 15) is 0 Å². The van der Waals surface area contributed by atoms with Crippen LogP contribution in [0.15, 0.2) is 52.0 Å². The van der Waals surface area contributed by atoms with Crippen molar-refractivity contribution in [1.29, 1.82) is 0 Å². The maximum atomic E-state index is 5.92. The molecule has 0 radical (unpaired) electrons. The first kappa shape index (κ1) is 19.3. The molecule has 1 N–H and O–H groups in total. The molecule has 0 atom stereocenters. The number of hydrogen-bond acceptors (Lipinski definition) is 5. The highest BCUT2D eigenvalue weighted by Crippen LogP contribution is 2.33. The highest BCUT2D eigenvalue weighted by molar-refractivity contribution is 9.10. The Morgan fingerprint density at radius 3 is 2.74 bits per heavy atom. The average Bonchev–Trinajstić information content (AvgIpc) is 3.06. The zero-order chi connectivity index (χ0) is 19.2. The third-order valence-electron chi connectivity index (χ3n) is 3.87. The summed E-state index contributed by atoms with van der Waals surface area (Å²) in [6.07, 6.45) is 2.43. The lowest BCUT2D eigenvalue weighted by Crippen LogP contribution is -2.00. The van der Waals surface area contributed by atoms with E-state index in [1.165, 1.54) is 0 Å². The number of aromatic nitrogens is 3. The molecular weight excluding hydrogens is 428 g/mol. The highest BCUT2D eigenvalue weighted by atomic mass is 79.9. The molecule has 2 aromatic carbocycles. The Balaban J connectivity index is 1.84. The van der Waals surface area contributed by atoms with E-state index in [1.807, 2.05) is 49.4 Å². The van der Waals surface area contributed by atoms with Gasteiger partial charge in [0.1, 0.15) is 6.61 Å². The highest BCUT2D eigenvalue weighted by Gasteiger charge is 2.10. The predicted molar refractivity (Wildman–Crippen MR) is 111 cm³/mol. The monoisotopic (exact) mass is 446 g/mol. The molecule has 3 rings (SSSR count). The number of aromatic amines is 1. The molecule has 8 heteroatoms. The molecule has 0 bridgehead atoms. The second-order valence-corrected chi connectivity index (χ2v) is 6.89. The maximum absolute atomic E-state index is 5.92. The number of rotatable bonds is 7. The van der Waals surface area contributed by atoms with Crippen molar-refractivity contribution in [2.24, 2.45) is 5.10 Å². The Hall–Kier alpha value is -2.45. The van der Waals surface area contributed by atoms with E-state index in [4.69, 9.17) is 21.7 Å². The minimum absolute atomic E-state index is 0.453. The van der Waals surface area contributed by atoms with Crippen molar-refractivity contribution in [2.75, 3.05) is 7.11 Å². The molecule has 3 aromatic rings. The summed E-state index contributed by atoms with van der Waals surface area (Å²) < 4.78 is 14.3. The van der Waals surface area contributed by atoms with Gasteiger partial charge in [-0.25, -0.2) is 0 Å². The minimum atomic E-state index is 0.453. The van der Waals surface area contributed by atoms with Crippen LogP contribution in [0.2, 0.25) is 0 Å². The first-order chi connectivity index (χ1) is 13.1. The fourth-order valence-electron chi connectivity index (χ4n) is 2.45. The fourth-order valence-corrected chi connectivity index (χ4v) is 3.07. The van der Waals surface area contributed by atoms with Crippen LogP contribution in [0.25, 0.3) is 0 Å². The SMILES string of the molecule is CCc1n[nH]c(=S)n1/N=C\c1cc(OC)c(OCc2ccccc2)cc1Br. The number of nitrogens with zero attached hydrogens (tertiary/aromatic N) is 3. The summed E-state index contributed by atoms with van der Waals surface area (Å²) in [5.41, 5.74) is 1.92. The first-order valence-electron chi connectivity index (χ1n) is 8.37. The van der Waals surface area contributed by atoms with Crippen molar-refractivity contribution in [2.45, 2.75) is 20.0 Å². The van der Waals surface area contributed by atoms with Crippen LogP contribution >= 0.6 is 28.1 Å². The van der Waals surface area contributed by atoms with Crippen molar-refractivity contribution in [3.63, 3.8) is 0 Å². The zero-order valence-electron chi connectivity index (χ0n) is 15.0. The van der Waals surface area contributed by atoms with E-state index in [-0.39, 0.29) is 0 Å². The van der Waals surface area contributed by atoms with E-state index in [2.05, 4.69) is 31.2 Å². The summed E-state index contributed by atoms with van der Waals surface area (Å²) in [4.78, 5) is 0. The van der Waals surface area contributed by atoms with Gasteiger partial charge in [0.25, 0.3) is 0 Å². The molecule has 0 saturated carbocycles. The predicted octanol–water partition coefficient (Wildman–Crippen LogP) is 4.74. The molecule has 0 aliphatic carbocycles. The van der Waals surface area contributed by atoms with Crippen LogP contribution in [0.4, 0.5) is 0 Å². The molecule has 6 nitrogen and oxygen atoms in total. The quantitative estimate of drug-likeness (QED) is 0.420. The van der Waals surface area contributed by atoms with Gasteiger partial charge in [-0.15, -0.1) is 0 Å². The minimum Gasteiger partial charge on any atom is -0.493 e. The van der Waals surface area contributed by atoms with Crippen LogP contribution in [0.5, 0.6) is 11.5 Å². The van der Waals surface area contributed by atoms with Gasteiger partial charge in [-0.2, -0.15) is 14.9 Å². The van der Waals surface area contributed by atoms with Gasteiger partial charge in [-0.05, 0) is 45.8 Å². The molecule has 0 unspecified atom stereocenters. The second kappa shape index (κ2) is 8.96. The summed E-state index contributed by atoms with van der Waals surface area (Å²) in [7, 11) is 1.61. The lowest BCUT2D eigenvalue weighted by Gasteiger charge is -2.12. The number of hydrogen-bond donors (Lipinski definition) is 1. The van der Waals surface area contributed by atoms with Crippen LogP contribution in [-0.2, 0) is 13.0 Å². The average molecular weight is 447 g/mol. The third-order valence-corrected chi connectivity index (χ3v) is 4.82. The first-order valence-corrected chi connectivity index (χ1v) is 9.57. The smallest absolute Gasteiger partial charge is 0.216 e. The molecule has 1 heterocycles. The summed E-state index contributed by atoms with van der Waals surface area (Å²) in [6, 6.07) is 13.7. The number of methoxy groups -OCH3 is 1. The summed E-state index contributed by atoms with van der Waals surface area (Å²) in [5.74, 6) is 2.05. The molecule has 0 aliphatic rings. The van der Waals surface area contributed by atoms with Crippen LogP contribution in [0.3, 0.4) is 0 Å². The molecule has 0 fully saturated rings. The van der Waals surface area contributed by atoms with Crippen LogP contribution in [0, 0.1) is 4.77 Å². The van der Waals surface area contributed by atoms with Crippen molar-refractivity contribution in [3.05, 3.63) is 68.7 Å². The lowest BCUT2D eigenvalue weighted by molar-refractivity contribution is 0.284. The van der Waals surface area contributed by atoms with E-state index < -0.39 is 0 Å². The van der Waals surface area contributed by atoms with Crippen LogP contribution < -0.4 is 9.47 Å². The lowest BCUT2D eigenvalue weighted by atomic mass is 10.2. The zero-order valence-corrected chi connectivity index (χ0v) is 17.4. The molecule has 1 aromatic heterocycles. The van der Waals surface area contributed by atoms with E-state index >= 15 is 0 Å². The van der Waals surface area contributed by atoms with Gasteiger partial charge in [0.2, 0.25) is 4.77 Å². The number of halogens is 1. The van der Waals surface area contributed by atoms with E-state index in [0.717, 1.165) is 27.8 Å². The Morgan fingerprint density at radius 1 is 1.26 bits per heavy atom. The van der Waals surface area contributed by atoms with E-state index in [0.29, 0.717) is 22.9 Å². The van der Waals surface area contributed by atoms with Gasteiger partial charge in [-0.1, -0.05) is 37.3 Å². The summed E-state index contributed by atoms with van der Waals surface area (Å²) >= 11 is 8.78. The van der Waals surface area contributed by atoms with Gasteiger partial charge in [-0.3, -0.25) is 5.10 Å². The Bertz CT molecular complexity index is 999. The van der Waals surface area contributed by atoms with Crippen molar-refractivity contribution >= 4 is 34.4 Å². The van der Waals surface area contributed by atoms with Gasteiger partial charge >= 0.3 is 0 Å². The second-order valence-electron chi connectivity index (χ2n) is 5.65. The van der Waals surface area contributed by atoms with Crippen molar-refractivity contribution in [3.8, 4) is 11.5 Å². The van der Waals surface area contributed by atoms with Gasteiger partial charge < -0.3 is 9.47 Å². The van der Waals surface area contributed by atoms with Gasteiger partial charge in [0.05, 0.1) is 13.3 Å². The summed E-state index contributed by atoms with van der Waals surface area (Å²) in [6.45, 7) is 2.45. The molecule has 0 saturated heterocycles. The van der Waals surface area contributed by atoms with Crippen molar-refractivity contribution in [1.82, 2.24) is 14.9 Å². The normalized spacial score (nSPS) is 11.1. The van der Waals surface area contributed by atoms with Crippen molar-refractivity contribution < 1.29 is 9.47 Å². The molecule has 140 valence electrons. The number of benzene rings is 2. The molecule has 0 aliphatic heterocycles. The fraction of sp³-hybridized carbons (Fsp3) is 0.211. The van der Waals surface area contributed by atoms with Crippen LogP contribution in [-0.4, -0.2) is 28.2 Å². The number of ether oxygens (including phenoxy) is 2. The van der Waals surface area contributed by atoms with Gasteiger partial charge in [0.15, 0.2) is 17.3 Å². The maximum Gasteiger partial charge on any atom is 0.216 e. The molecule has 0 spiro atoms. The topological polar surface area (TPSA) is 64.4 Å². The van der Waals surface area contributed by atoms with Gasteiger partial charge in [0, 0.05) is 16.5 Å². The largest absolute Gasteiger partial charge is 0.493 e. The number of nitrogens with one attached hydrogen (secondary N) is 1. The number of H-pyrrole nitrogens is 1. The molecule has 27 heavy (non-hydrogen) atoms. The van der Waals surface area contributed by atoms with Crippen LogP contribution in [0.1, 0.15) is 23.9 Å². The molecular formula is C19H19BrN4O2S. The Morgan fingerprint density at radius 2 is 2.04 bits per heavy atom. The third kappa shape index (κ3) is 4.64. The Kier molecular flexibility index (Phi) is 6.41. The molecule has 0 amide bonds. The standard InChI is InChI=1S/C19H19BrN4O2S/c1-3-18-22-23-19(27)24(18)21-11-14-9-16(25-2)17(10-15(14)20)26-12-13-7-5-4-6-8-13/h4-11H,3,12H2,1-2H3,(H,23,27)/b21-11-. The Labute approximate surface area is 171 Å². The summed E-state index contributed by atoms with van der Waals surface area (Å²) in [5, 5.41) is 11.3. The number of aryl methyl sites for hydroxylation is 1.